The van der Waals surface area contributed by atoms with Gasteiger partial charge in [0.1, 0.15) is 11.5 Å². The van der Waals surface area contributed by atoms with Crippen LogP contribution in [0.25, 0.3) is 22.4 Å². The summed E-state index contributed by atoms with van der Waals surface area (Å²) < 4.78 is 11.3. The molecule has 0 radical (unpaired) electrons. The fourth-order valence-electron chi connectivity index (χ4n) is 2.59. The molecule has 0 amide bonds. The Bertz CT molecular complexity index is 1070. The highest BCUT2D eigenvalue weighted by molar-refractivity contribution is 5.79. The van der Waals surface area contributed by atoms with Crippen LogP contribution < -0.4 is 15.2 Å². The van der Waals surface area contributed by atoms with E-state index >= 15 is 0 Å². The van der Waals surface area contributed by atoms with Crippen molar-refractivity contribution in [2.45, 2.75) is 6.92 Å². The van der Waals surface area contributed by atoms with Gasteiger partial charge < -0.3 is 15.2 Å². The van der Waals surface area contributed by atoms with E-state index < -0.39 is 0 Å². The van der Waals surface area contributed by atoms with Gasteiger partial charge in [0.15, 0.2) is 11.2 Å². The minimum atomic E-state index is 0.107. The van der Waals surface area contributed by atoms with Gasteiger partial charge in [0.2, 0.25) is 11.8 Å². The molecule has 2 aromatic heterocycles. The molecule has 0 saturated heterocycles. The Labute approximate surface area is 155 Å². The zero-order chi connectivity index (χ0) is 18.6. The van der Waals surface area contributed by atoms with Crippen molar-refractivity contribution in [1.29, 1.82) is 0 Å². The Morgan fingerprint density at radius 1 is 0.889 bits per heavy atom. The molecule has 0 aliphatic heterocycles. The average Bonchev–Trinajstić information content (AvgIpc) is 2.69. The van der Waals surface area contributed by atoms with Gasteiger partial charge in [-0.1, -0.05) is 18.2 Å². The largest absolute Gasteiger partial charge is 0.476 e. The summed E-state index contributed by atoms with van der Waals surface area (Å²) in [6.45, 7) is 2.32. The molecular formula is C20H17N5O2. The minimum Gasteiger partial charge on any atom is -0.476 e. The van der Waals surface area contributed by atoms with Crippen molar-refractivity contribution in [3.05, 3.63) is 60.8 Å². The summed E-state index contributed by atoms with van der Waals surface area (Å²) in [5, 5.41) is 0. The SMILES string of the molecule is CCOc1nc(N)nc2ncc(-c3ccc(Oc4ccccc4)cc3)nc12. The van der Waals surface area contributed by atoms with E-state index in [1.807, 2.05) is 61.5 Å². The van der Waals surface area contributed by atoms with Gasteiger partial charge in [0, 0.05) is 5.56 Å². The second kappa shape index (κ2) is 7.25. The van der Waals surface area contributed by atoms with E-state index in [4.69, 9.17) is 15.2 Å². The average molecular weight is 359 g/mol. The van der Waals surface area contributed by atoms with Crippen molar-refractivity contribution in [3.8, 4) is 28.6 Å². The monoisotopic (exact) mass is 359 g/mol. The Balaban J connectivity index is 1.65. The number of nitrogens with two attached hydrogens (primary N) is 1. The lowest BCUT2D eigenvalue weighted by Crippen LogP contribution is -2.04. The van der Waals surface area contributed by atoms with Crippen LogP contribution in [0.2, 0.25) is 0 Å². The Kier molecular flexibility index (Phi) is 4.49. The standard InChI is InChI=1S/C20H17N5O2/c1-2-26-19-17-18(24-20(21)25-19)22-12-16(23-17)13-8-10-15(11-9-13)27-14-6-4-3-5-7-14/h3-12H,2H2,1H3,(H2,21,22,24,25). The van der Waals surface area contributed by atoms with Gasteiger partial charge in [-0.25, -0.2) is 9.97 Å². The fourth-order valence-corrected chi connectivity index (χ4v) is 2.59. The van der Waals surface area contributed by atoms with E-state index in [-0.39, 0.29) is 5.95 Å². The molecule has 134 valence electrons. The second-order valence-electron chi connectivity index (χ2n) is 5.69. The number of aromatic nitrogens is 4. The summed E-state index contributed by atoms with van der Waals surface area (Å²) in [7, 11) is 0. The van der Waals surface area contributed by atoms with Crippen LogP contribution in [-0.4, -0.2) is 26.5 Å². The molecule has 0 atom stereocenters. The normalized spacial score (nSPS) is 10.7. The molecule has 0 fully saturated rings. The lowest BCUT2D eigenvalue weighted by atomic mass is 10.1. The Hall–Kier alpha value is -3.74. The molecule has 4 aromatic rings. The second-order valence-corrected chi connectivity index (χ2v) is 5.69. The summed E-state index contributed by atoms with van der Waals surface area (Å²) in [4.78, 5) is 17.2. The van der Waals surface area contributed by atoms with E-state index in [1.54, 1.807) is 6.20 Å². The number of fused-ring (bicyclic) bond motifs is 1. The lowest BCUT2D eigenvalue weighted by Gasteiger charge is -2.08. The van der Waals surface area contributed by atoms with Crippen molar-refractivity contribution in [2.75, 3.05) is 12.3 Å². The van der Waals surface area contributed by atoms with Crippen LogP contribution in [0, 0.1) is 0 Å². The number of para-hydroxylation sites is 1. The molecule has 7 heteroatoms. The smallest absolute Gasteiger partial charge is 0.247 e. The van der Waals surface area contributed by atoms with Crippen LogP contribution >= 0.6 is 0 Å². The van der Waals surface area contributed by atoms with Crippen LogP contribution in [0.15, 0.2) is 60.8 Å². The highest BCUT2D eigenvalue weighted by Gasteiger charge is 2.12. The van der Waals surface area contributed by atoms with Gasteiger partial charge in [-0.15, -0.1) is 0 Å². The number of benzene rings is 2. The first-order valence-electron chi connectivity index (χ1n) is 8.49. The molecule has 0 bridgehead atoms. The van der Waals surface area contributed by atoms with Gasteiger partial charge in [-0.05, 0) is 43.3 Å². The summed E-state index contributed by atoms with van der Waals surface area (Å²) in [5.74, 6) is 1.96. The van der Waals surface area contributed by atoms with E-state index in [0.717, 1.165) is 17.1 Å². The van der Waals surface area contributed by atoms with E-state index in [0.29, 0.717) is 29.3 Å². The maximum atomic E-state index is 5.81. The molecule has 0 saturated carbocycles. The van der Waals surface area contributed by atoms with Crippen LogP contribution in [0.5, 0.6) is 17.4 Å². The van der Waals surface area contributed by atoms with E-state index in [9.17, 15) is 0 Å². The predicted molar refractivity (Wildman–Crippen MR) is 103 cm³/mol. The van der Waals surface area contributed by atoms with Gasteiger partial charge in [-0.3, -0.25) is 0 Å². The quantitative estimate of drug-likeness (QED) is 0.578. The third-order valence-corrected chi connectivity index (χ3v) is 3.80. The number of anilines is 1. The first-order chi connectivity index (χ1) is 13.2. The van der Waals surface area contributed by atoms with Crippen LogP contribution in [0.1, 0.15) is 6.92 Å². The number of ether oxygens (including phenoxy) is 2. The molecule has 2 aromatic carbocycles. The number of hydrogen-bond donors (Lipinski definition) is 1. The molecule has 27 heavy (non-hydrogen) atoms. The van der Waals surface area contributed by atoms with Gasteiger partial charge in [0.05, 0.1) is 18.5 Å². The van der Waals surface area contributed by atoms with Crippen LogP contribution in [-0.2, 0) is 0 Å². The maximum absolute atomic E-state index is 5.81. The van der Waals surface area contributed by atoms with Crippen LogP contribution in [0.4, 0.5) is 5.95 Å². The first kappa shape index (κ1) is 16.7. The summed E-state index contributed by atoms with van der Waals surface area (Å²) >= 11 is 0. The molecule has 0 aliphatic rings. The zero-order valence-corrected chi connectivity index (χ0v) is 14.7. The molecule has 2 N–H and O–H groups in total. The Morgan fingerprint density at radius 2 is 1.63 bits per heavy atom. The number of rotatable bonds is 5. The number of nitrogens with zero attached hydrogens (tertiary/aromatic N) is 4. The highest BCUT2D eigenvalue weighted by Crippen LogP contribution is 2.27. The van der Waals surface area contributed by atoms with Gasteiger partial charge >= 0.3 is 0 Å². The fraction of sp³-hybridized carbons (Fsp3) is 0.100. The molecule has 4 rings (SSSR count). The first-order valence-corrected chi connectivity index (χ1v) is 8.49. The molecule has 0 aliphatic carbocycles. The minimum absolute atomic E-state index is 0.107. The molecule has 0 unspecified atom stereocenters. The van der Waals surface area contributed by atoms with Crippen molar-refractivity contribution in [3.63, 3.8) is 0 Å². The predicted octanol–water partition coefficient (Wildman–Crippen LogP) is 3.86. The van der Waals surface area contributed by atoms with E-state index in [2.05, 4.69) is 19.9 Å². The summed E-state index contributed by atoms with van der Waals surface area (Å²) in [6, 6.07) is 17.2. The summed E-state index contributed by atoms with van der Waals surface area (Å²) in [5.41, 5.74) is 8.16. The molecular weight excluding hydrogens is 342 g/mol. The molecule has 7 nitrogen and oxygen atoms in total. The van der Waals surface area contributed by atoms with Crippen molar-refractivity contribution < 1.29 is 9.47 Å². The third-order valence-electron chi connectivity index (χ3n) is 3.80. The number of hydrogen-bond acceptors (Lipinski definition) is 7. The lowest BCUT2D eigenvalue weighted by molar-refractivity contribution is 0.330. The number of nitrogen functional groups attached to an aromatic ring is 1. The van der Waals surface area contributed by atoms with Crippen molar-refractivity contribution in [1.82, 2.24) is 19.9 Å². The van der Waals surface area contributed by atoms with E-state index in [1.165, 1.54) is 0 Å². The molecule has 2 heterocycles. The van der Waals surface area contributed by atoms with Gasteiger partial charge in [-0.2, -0.15) is 9.97 Å². The maximum Gasteiger partial charge on any atom is 0.247 e. The summed E-state index contributed by atoms with van der Waals surface area (Å²) in [6.07, 6.45) is 1.65. The molecule has 0 spiro atoms. The highest BCUT2D eigenvalue weighted by atomic mass is 16.5. The van der Waals surface area contributed by atoms with Crippen molar-refractivity contribution in [2.24, 2.45) is 0 Å². The van der Waals surface area contributed by atoms with Crippen LogP contribution in [0.3, 0.4) is 0 Å². The van der Waals surface area contributed by atoms with Crippen molar-refractivity contribution >= 4 is 17.1 Å². The zero-order valence-electron chi connectivity index (χ0n) is 14.7. The third kappa shape index (κ3) is 3.62. The Morgan fingerprint density at radius 3 is 2.37 bits per heavy atom. The topological polar surface area (TPSA) is 96.0 Å². The van der Waals surface area contributed by atoms with Gasteiger partial charge in [0.25, 0.3) is 0 Å².